The van der Waals surface area contributed by atoms with Gasteiger partial charge in [-0.2, -0.15) is 4.31 Å². The molecule has 3 rings (SSSR count). The van der Waals surface area contributed by atoms with Crippen LogP contribution in [0.2, 0.25) is 0 Å². The van der Waals surface area contributed by atoms with Crippen molar-refractivity contribution < 1.29 is 85.6 Å². The van der Waals surface area contributed by atoms with Crippen molar-refractivity contribution in [1.29, 1.82) is 0 Å². The summed E-state index contributed by atoms with van der Waals surface area (Å²) in [5, 5.41) is 36.0. The third kappa shape index (κ3) is 15.7. The molecule has 0 bridgehead atoms. The van der Waals surface area contributed by atoms with Gasteiger partial charge in [0.2, 0.25) is 11.8 Å². The number of rotatable bonds is 24. The molecule has 1 aliphatic rings. The molecule has 8 atom stereocenters. The number of carbonyl (C=O) groups is 3. The number of phosphoric ester groups is 3. The van der Waals surface area contributed by atoms with Gasteiger partial charge < -0.3 is 56.0 Å². The zero-order valence-corrected chi connectivity index (χ0v) is 34.9. The van der Waals surface area contributed by atoms with E-state index in [1.807, 2.05) is 19.1 Å². The summed E-state index contributed by atoms with van der Waals surface area (Å²) in [5.41, 5.74) is 4.23. The molecular weight excluding hydrogens is 859 g/mol. The lowest BCUT2D eigenvalue weighted by atomic mass is 9.87. The Kier molecular flexibility index (Phi) is 18.5. The first-order valence-electron chi connectivity index (χ1n) is 17.3. The molecule has 2 aromatic heterocycles. The number of thioether (sulfide) groups is 1. The lowest BCUT2D eigenvalue weighted by Gasteiger charge is -2.30. The van der Waals surface area contributed by atoms with E-state index in [-0.39, 0.29) is 53.8 Å². The topological polar surface area (TPSA) is 384 Å². The number of nitrogen functional groups attached to an aromatic ring is 1. The number of imidazole rings is 1. The number of nitrogens with one attached hydrogen (secondary N) is 2. The number of hydrogen-bond acceptors (Lipinski definition) is 19. The zero-order valence-electron chi connectivity index (χ0n) is 31.4. The molecule has 328 valence electrons. The van der Waals surface area contributed by atoms with Gasteiger partial charge in [0, 0.05) is 37.1 Å². The highest BCUT2D eigenvalue weighted by atomic mass is 32.2. The molecule has 1 saturated heterocycles. The molecule has 0 spiro atoms. The van der Waals surface area contributed by atoms with Crippen LogP contribution in [0.1, 0.15) is 52.7 Å². The van der Waals surface area contributed by atoms with E-state index in [9.17, 15) is 63.0 Å². The second kappa shape index (κ2) is 21.7. The van der Waals surface area contributed by atoms with Crippen molar-refractivity contribution in [3.05, 3.63) is 24.8 Å². The summed E-state index contributed by atoms with van der Waals surface area (Å²) in [6.45, 7) is 2.21. The van der Waals surface area contributed by atoms with Gasteiger partial charge >= 0.3 is 23.5 Å². The molecular formula is C29H48N7O18P3S. The standard InChI is InChI=1S/C29H48N7O18P3S/c1-4-5-6-7-17(37)12-20(39)58-11-10-31-19(38)8-9-32-27(42)24(41)29(2,3)14-51-57(48,49)54-56(46,47)50-13-18-23(53-55(43,44)45)22(40)28(52-18)36-16-35-21-25(30)33-15-34-26(21)36/h4-5,15-18,22-24,28,37,40-41H,6-14H2,1-3H3,(H,31,38)(H,32,42)(H,46,47)(H,48,49)(H2,30,33,34)(H2,43,44,45)/b5-4+. The Morgan fingerprint density at radius 3 is 2.43 bits per heavy atom. The van der Waals surface area contributed by atoms with Crippen LogP contribution in [-0.4, -0.2) is 134 Å². The molecule has 11 N–H and O–H groups in total. The minimum Gasteiger partial charge on any atom is -0.393 e. The van der Waals surface area contributed by atoms with Gasteiger partial charge in [0.15, 0.2) is 22.8 Å². The first kappa shape index (κ1) is 49.6. The van der Waals surface area contributed by atoms with Gasteiger partial charge in [0.1, 0.15) is 36.3 Å². The number of aromatic nitrogens is 4. The lowest BCUT2D eigenvalue weighted by Crippen LogP contribution is -2.46. The van der Waals surface area contributed by atoms with E-state index in [0.717, 1.165) is 29.0 Å². The van der Waals surface area contributed by atoms with Crippen LogP contribution in [0.3, 0.4) is 0 Å². The molecule has 1 fully saturated rings. The molecule has 58 heavy (non-hydrogen) atoms. The number of amides is 2. The fourth-order valence-corrected chi connectivity index (χ4v) is 8.67. The summed E-state index contributed by atoms with van der Waals surface area (Å²) >= 11 is 0.960. The largest absolute Gasteiger partial charge is 0.481 e. The summed E-state index contributed by atoms with van der Waals surface area (Å²) in [6.07, 6.45) is -2.94. The van der Waals surface area contributed by atoms with Gasteiger partial charge in [-0.3, -0.25) is 32.5 Å². The van der Waals surface area contributed by atoms with E-state index >= 15 is 0 Å². The van der Waals surface area contributed by atoms with Crippen LogP contribution in [0.25, 0.3) is 11.2 Å². The van der Waals surface area contributed by atoms with Crippen LogP contribution in [0.15, 0.2) is 24.8 Å². The van der Waals surface area contributed by atoms with Crippen LogP contribution >= 0.6 is 35.2 Å². The maximum atomic E-state index is 12.7. The number of carbonyl (C=O) groups excluding carboxylic acids is 3. The Balaban J connectivity index is 1.45. The minimum atomic E-state index is -5.58. The Morgan fingerprint density at radius 1 is 1.07 bits per heavy atom. The quantitative estimate of drug-likeness (QED) is 0.0369. The van der Waals surface area contributed by atoms with Crippen molar-refractivity contribution in [2.75, 3.05) is 37.8 Å². The van der Waals surface area contributed by atoms with Crippen LogP contribution in [0, 0.1) is 5.41 Å². The van der Waals surface area contributed by atoms with Gasteiger partial charge in [-0.25, -0.2) is 28.6 Å². The number of hydrogen-bond donors (Lipinski definition) is 10. The van der Waals surface area contributed by atoms with Crippen molar-refractivity contribution in [3.63, 3.8) is 0 Å². The monoisotopic (exact) mass is 907 g/mol. The summed E-state index contributed by atoms with van der Waals surface area (Å²) < 4.78 is 62.1. The average Bonchev–Trinajstić information content (AvgIpc) is 3.68. The Hall–Kier alpha value is -2.74. The van der Waals surface area contributed by atoms with Crippen LogP contribution in [0.4, 0.5) is 5.82 Å². The first-order chi connectivity index (χ1) is 26.9. The van der Waals surface area contributed by atoms with Gasteiger partial charge in [-0.15, -0.1) is 0 Å². The molecule has 0 aromatic carbocycles. The molecule has 2 aromatic rings. The lowest BCUT2D eigenvalue weighted by molar-refractivity contribution is -0.137. The fourth-order valence-electron chi connectivity index (χ4n) is 5.10. The van der Waals surface area contributed by atoms with E-state index in [0.29, 0.717) is 12.8 Å². The predicted molar refractivity (Wildman–Crippen MR) is 202 cm³/mol. The average molecular weight is 908 g/mol. The van der Waals surface area contributed by atoms with Crippen LogP contribution in [-0.2, 0) is 50.7 Å². The van der Waals surface area contributed by atoms with E-state index < -0.39 is 90.7 Å². The van der Waals surface area contributed by atoms with Crippen molar-refractivity contribution >= 4 is 69.1 Å². The number of anilines is 1. The summed E-state index contributed by atoms with van der Waals surface area (Å²) in [5.74, 6) is -1.26. The second-order valence-electron chi connectivity index (χ2n) is 13.3. The molecule has 8 unspecified atom stereocenters. The highest BCUT2D eigenvalue weighted by Crippen LogP contribution is 2.61. The zero-order chi connectivity index (χ0) is 43.5. The van der Waals surface area contributed by atoms with E-state index in [4.69, 9.17) is 19.5 Å². The van der Waals surface area contributed by atoms with Gasteiger partial charge in [-0.1, -0.05) is 37.8 Å². The predicted octanol–water partition coefficient (Wildman–Crippen LogP) is -0.228. The SMILES string of the molecule is C/C=C/CCC(O)CC(=O)SCCNC(=O)CCNC(=O)C(O)C(C)(C)COP(=O)(O)OP(=O)(O)OCC1OC(n2cnc3c(N)ncnc32)C(O)C1OP(=O)(O)O. The Morgan fingerprint density at radius 2 is 1.76 bits per heavy atom. The van der Waals surface area contributed by atoms with Crippen molar-refractivity contribution in [2.24, 2.45) is 5.41 Å². The van der Waals surface area contributed by atoms with Gasteiger partial charge in [-0.05, 0) is 19.8 Å². The molecule has 0 aliphatic carbocycles. The van der Waals surface area contributed by atoms with Crippen LogP contribution < -0.4 is 16.4 Å². The number of allylic oxidation sites excluding steroid dienone is 2. The number of aliphatic hydroxyl groups is 3. The van der Waals surface area contributed by atoms with Crippen molar-refractivity contribution in [3.8, 4) is 0 Å². The third-order valence-electron chi connectivity index (χ3n) is 8.07. The normalized spacial score (nSPS) is 22.0. The van der Waals surface area contributed by atoms with Gasteiger partial charge in [0.25, 0.3) is 0 Å². The van der Waals surface area contributed by atoms with Gasteiger partial charge in [0.05, 0.1) is 25.6 Å². The highest BCUT2D eigenvalue weighted by Gasteiger charge is 2.50. The molecule has 3 heterocycles. The smallest absolute Gasteiger partial charge is 0.393 e. The van der Waals surface area contributed by atoms with Crippen molar-refractivity contribution in [2.45, 2.75) is 83.2 Å². The number of aliphatic hydroxyl groups excluding tert-OH is 3. The maximum absolute atomic E-state index is 12.7. The fraction of sp³-hybridized carbons (Fsp3) is 0.655. The summed E-state index contributed by atoms with van der Waals surface area (Å²) in [6, 6.07) is 0. The Labute approximate surface area is 335 Å². The number of ether oxygens (including phenoxy) is 1. The minimum absolute atomic E-state index is 0.0158. The summed E-state index contributed by atoms with van der Waals surface area (Å²) in [7, 11) is -16.4. The number of fused-ring (bicyclic) bond motifs is 1. The molecule has 2 amide bonds. The van der Waals surface area contributed by atoms with E-state index in [2.05, 4.69) is 34.4 Å². The molecule has 0 saturated carbocycles. The van der Waals surface area contributed by atoms with E-state index in [1.54, 1.807) is 0 Å². The highest BCUT2D eigenvalue weighted by molar-refractivity contribution is 8.13. The Bertz CT molecular complexity index is 1900. The van der Waals surface area contributed by atoms with E-state index in [1.165, 1.54) is 13.8 Å². The first-order valence-corrected chi connectivity index (χ1v) is 22.8. The molecule has 1 aliphatic heterocycles. The molecule has 0 radical (unpaired) electrons. The van der Waals surface area contributed by atoms with Crippen molar-refractivity contribution in [1.82, 2.24) is 30.2 Å². The molecule has 29 heteroatoms. The number of phosphoric acid groups is 3. The van der Waals surface area contributed by atoms with Crippen LogP contribution in [0.5, 0.6) is 0 Å². The number of nitrogens with two attached hydrogens (primary N) is 1. The maximum Gasteiger partial charge on any atom is 0.481 e. The third-order valence-corrected chi connectivity index (χ3v) is 12.1. The number of nitrogens with zero attached hydrogens (tertiary/aromatic N) is 4. The second-order valence-corrected chi connectivity index (χ2v) is 18.7. The molecule has 25 nitrogen and oxygen atoms in total. The summed E-state index contributed by atoms with van der Waals surface area (Å²) in [4.78, 5) is 87.6.